The summed E-state index contributed by atoms with van der Waals surface area (Å²) >= 11 is 0. The molecule has 1 saturated heterocycles. The summed E-state index contributed by atoms with van der Waals surface area (Å²) in [5.41, 5.74) is 6.01. The van der Waals surface area contributed by atoms with Gasteiger partial charge in [-0.2, -0.15) is 0 Å². The minimum absolute atomic E-state index is 0.306. The third-order valence-corrected chi connectivity index (χ3v) is 4.10. The highest BCUT2D eigenvalue weighted by Gasteiger charge is 2.41. The average Bonchev–Trinajstić information content (AvgIpc) is 2.95. The fourth-order valence-electron chi connectivity index (χ4n) is 2.76. The smallest absolute Gasteiger partial charge is 0.0280 e. The molecule has 3 heteroatoms. The highest BCUT2D eigenvalue weighted by Crippen LogP contribution is 2.33. The molecule has 88 valence electrons. The average molecular weight is 211 g/mol. The van der Waals surface area contributed by atoms with Crippen LogP contribution >= 0.6 is 0 Å². The first-order valence-corrected chi connectivity index (χ1v) is 6.21. The highest BCUT2D eigenvalue weighted by atomic mass is 15.3. The maximum Gasteiger partial charge on any atom is 0.0280 e. The predicted molar refractivity (Wildman–Crippen MR) is 63.9 cm³/mol. The molecule has 0 aromatic rings. The normalized spacial score (nSPS) is 33.2. The van der Waals surface area contributed by atoms with Crippen molar-refractivity contribution in [3.63, 3.8) is 0 Å². The van der Waals surface area contributed by atoms with Crippen LogP contribution in [0.4, 0.5) is 0 Å². The molecule has 1 aliphatic heterocycles. The van der Waals surface area contributed by atoms with Gasteiger partial charge in [-0.15, -0.1) is 0 Å². The van der Waals surface area contributed by atoms with Gasteiger partial charge in [-0.05, 0) is 46.7 Å². The third kappa shape index (κ3) is 2.35. The predicted octanol–water partition coefficient (Wildman–Crippen LogP) is 0.892. The molecule has 2 fully saturated rings. The molecule has 0 bridgehead atoms. The molecule has 1 saturated carbocycles. The first-order chi connectivity index (χ1) is 7.04. The van der Waals surface area contributed by atoms with Crippen molar-refractivity contribution < 1.29 is 0 Å². The molecular formula is C12H25N3. The van der Waals surface area contributed by atoms with Gasteiger partial charge < -0.3 is 5.73 Å². The van der Waals surface area contributed by atoms with Crippen molar-refractivity contribution in [2.45, 2.75) is 50.7 Å². The van der Waals surface area contributed by atoms with Crippen LogP contribution in [0.3, 0.4) is 0 Å². The zero-order valence-electron chi connectivity index (χ0n) is 10.4. The molecular weight excluding hydrogens is 186 g/mol. The number of nitrogens with zero attached hydrogens (tertiary/aromatic N) is 2. The van der Waals surface area contributed by atoms with Crippen molar-refractivity contribution in [2.24, 2.45) is 5.73 Å². The molecule has 2 rings (SSSR count). The van der Waals surface area contributed by atoms with E-state index in [-0.39, 0.29) is 0 Å². The lowest BCUT2D eigenvalue weighted by Crippen LogP contribution is -2.63. The molecule has 2 aliphatic rings. The fraction of sp³-hybridized carbons (Fsp3) is 1.00. The molecule has 0 radical (unpaired) electrons. The van der Waals surface area contributed by atoms with Gasteiger partial charge in [0.15, 0.2) is 0 Å². The SMILES string of the molecule is CN1C(CCN)CN(C2CC2)CC1(C)C. The Balaban J connectivity index is 2.03. The van der Waals surface area contributed by atoms with Gasteiger partial charge in [0.25, 0.3) is 0 Å². The molecule has 1 unspecified atom stereocenters. The molecule has 2 N–H and O–H groups in total. The summed E-state index contributed by atoms with van der Waals surface area (Å²) in [7, 11) is 2.25. The van der Waals surface area contributed by atoms with Gasteiger partial charge >= 0.3 is 0 Å². The molecule has 1 atom stereocenters. The molecule has 15 heavy (non-hydrogen) atoms. The number of nitrogens with two attached hydrogens (primary N) is 1. The van der Waals surface area contributed by atoms with Crippen molar-refractivity contribution in [1.29, 1.82) is 0 Å². The molecule has 0 amide bonds. The number of likely N-dealkylation sites (N-methyl/N-ethyl adjacent to an activating group) is 1. The van der Waals surface area contributed by atoms with Crippen LogP contribution in [0.1, 0.15) is 33.1 Å². The minimum Gasteiger partial charge on any atom is -0.330 e. The topological polar surface area (TPSA) is 32.5 Å². The number of hydrogen-bond donors (Lipinski definition) is 1. The lowest BCUT2D eigenvalue weighted by atomic mass is 9.94. The van der Waals surface area contributed by atoms with E-state index in [2.05, 4.69) is 30.7 Å². The molecule has 1 aliphatic carbocycles. The Kier molecular flexibility index (Phi) is 3.06. The van der Waals surface area contributed by atoms with Crippen LogP contribution in [0.25, 0.3) is 0 Å². The van der Waals surface area contributed by atoms with E-state index in [0.29, 0.717) is 11.6 Å². The maximum absolute atomic E-state index is 5.70. The van der Waals surface area contributed by atoms with E-state index in [9.17, 15) is 0 Å². The number of piperazine rings is 1. The van der Waals surface area contributed by atoms with Crippen LogP contribution in [0.15, 0.2) is 0 Å². The van der Waals surface area contributed by atoms with Crippen molar-refractivity contribution in [3.8, 4) is 0 Å². The second kappa shape index (κ2) is 4.04. The minimum atomic E-state index is 0.306. The third-order valence-electron chi connectivity index (χ3n) is 4.10. The van der Waals surface area contributed by atoms with Gasteiger partial charge in [-0.3, -0.25) is 9.80 Å². The summed E-state index contributed by atoms with van der Waals surface area (Å²) in [5.74, 6) is 0. The van der Waals surface area contributed by atoms with E-state index in [1.165, 1.54) is 25.9 Å². The van der Waals surface area contributed by atoms with Crippen molar-refractivity contribution in [1.82, 2.24) is 9.80 Å². The monoisotopic (exact) mass is 211 g/mol. The van der Waals surface area contributed by atoms with Gasteiger partial charge in [0.1, 0.15) is 0 Å². The van der Waals surface area contributed by atoms with E-state index in [0.717, 1.165) is 19.0 Å². The van der Waals surface area contributed by atoms with Gasteiger partial charge in [0.05, 0.1) is 0 Å². The standard InChI is InChI=1S/C12H25N3/c1-12(2)9-15(10-4-5-10)8-11(6-7-13)14(12)3/h10-11H,4-9,13H2,1-3H3. The number of hydrogen-bond acceptors (Lipinski definition) is 3. The lowest BCUT2D eigenvalue weighted by Gasteiger charge is -2.50. The van der Waals surface area contributed by atoms with Gasteiger partial charge in [-0.1, -0.05) is 0 Å². The fourth-order valence-corrected chi connectivity index (χ4v) is 2.76. The lowest BCUT2D eigenvalue weighted by molar-refractivity contribution is -0.0120. The maximum atomic E-state index is 5.70. The van der Waals surface area contributed by atoms with Crippen LogP contribution in [0.2, 0.25) is 0 Å². The van der Waals surface area contributed by atoms with E-state index < -0.39 is 0 Å². The first-order valence-electron chi connectivity index (χ1n) is 6.21. The first kappa shape index (κ1) is 11.4. The van der Waals surface area contributed by atoms with Crippen molar-refractivity contribution >= 4 is 0 Å². The zero-order valence-corrected chi connectivity index (χ0v) is 10.4. The molecule has 3 nitrogen and oxygen atoms in total. The Morgan fingerprint density at radius 3 is 2.53 bits per heavy atom. The van der Waals surface area contributed by atoms with E-state index in [4.69, 9.17) is 5.73 Å². The Bertz CT molecular complexity index is 223. The molecule has 0 aromatic heterocycles. The van der Waals surface area contributed by atoms with Crippen LogP contribution in [0.5, 0.6) is 0 Å². The van der Waals surface area contributed by atoms with E-state index >= 15 is 0 Å². The van der Waals surface area contributed by atoms with Crippen molar-refractivity contribution in [2.75, 3.05) is 26.7 Å². The largest absolute Gasteiger partial charge is 0.330 e. The Hall–Kier alpha value is -0.120. The summed E-state index contributed by atoms with van der Waals surface area (Å²) in [6.07, 6.45) is 3.95. The summed E-state index contributed by atoms with van der Waals surface area (Å²) < 4.78 is 0. The quantitative estimate of drug-likeness (QED) is 0.752. The number of rotatable bonds is 3. The second-order valence-electron chi connectivity index (χ2n) is 5.82. The summed E-state index contributed by atoms with van der Waals surface area (Å²) in [6, 6.07) is 1.54. The molecule has 0 spiro atoms. The van der Waals surface area contributed by atoms with Crippen molar-refractivity contribution in [3.05, 3.63) is 0 Å². The van der Waals surface area contributed by atoms with Crippen LogP contribution in [-0.2, 0) is 0 Å². The summed E-state index contributed by atoms with van der Waals surface area (Å²) in [6.45, 7) is 7.96. The zero-order chi connectivity index (χ0) is 11.1. The van der Waals surface area contributed by atoms with Crippen LogP contribution in [-0.4, -0.2) is 54.1 Å². The molecule has 1 heterocycles. The van der Waals surface area contributed by atoms with E-state index in [1.807, 2.05) is 0 Å². The van der Waals surface area contributed by atoms with E-state index in [1.54, 1.807) is 0 Å². The van der Waals surface area contributed by atoms with Gasteiger partial charge in [0, 0.05) is 30.7 Å². The van der Waals surface area contributed by atoms with Crippen LogP contribution < -0.4 is 5.73 Å². The second-order valence-corrected chi connectivity index (χ2v) is 5.82. The van der Waals surface area contributed by atoms with Crippen LogP contribution in [0, 0.1) is 0 Å². The summed E-state index contributed by atoms with van der Waals surface area (Å²) in [4.78, 5) is 5.21. The highest BCUT2D eigenvalue weighted by molar-refractivity contribution is 4.98. The Morgan fingerprint density at radius 1 is 1.33 bits per heavy atom. The van der Waals surface area contributed by atoms with Gasteiger partial charge in [-0.25, -0.2) is 0 Å². The van der Waals surface area contributed by atoms with Gasteiger partial charge in [0.2, 0.25) is 0 Å². The summed E-state index contributed by atoms with van der Waals surface area (Å²) in [5, 5.41) is 0. The Labute approximate surface area is 93.6 Å². The molecule has 0 aromatic carbocycles. The Morgan fingerprint density at radius 2 is 2.00 bits per heavy atom.